The molecule has 0 spiro atoms. The fourth-order valence-corrected chi connectivity index (χ4v) is 4.37. The topological polar surface area (TPSA) is 49.9 Å². The average Bonchev–Trinajstić information content (AvgIpc) is 2.53. The van der Waals surface area contributed by atoms with Gasteiger partial charge in [-0.05, 0) is 24.6 Å². The smallest absolute Gasteiger partial charge is 0.214 e. The highest BCUT2D eigenvalue weighted by Gasteiger charge is 2.27. The van der Waals surface area contributed by atoms with Crippen molar-refractivity contribution in [1.29, 1.82) is 0 Å². The Balaban J connectivity index is 2.05. The third kappa shape index (κ3) is 4.06. The van der Waals surface area contributed by atoms with Crippen molar-refractivity contribution in [3.63, 3.8) is 0 Å². The Hall–Kier alpha value is -0.980. The van der Waals surface area contributed by atoms with Gasteiger partial charge in [0.1, 0.15) is 5.75 Å². The predicted molar refractivity (Wildman–Crippen MR) is 90.5 cm³/mol. The third-order valence-corrected chi connectivity index (χ3v) is 6.06. The van der Waals surface area contributed by atoms with E-state index in [9.17, 15) is 8.42 Å². The summed E-state index contributed by atoms with van der Waals surface area (Å²) in [5.41, 5.74) is 0.917. The van der Waals surface area contributed by atoms with Crippen LogP contribution in [0.15, 0.2) is 18.2 Å². The standard InChI is InChI=1S/C15H23ClN2O3S/c1-3-4-11-22(19,20)18-9-7-17(8-10-18)14-12-13(16)5-6-15(14)21-2/h5-6,12H,3-4,7-11H2,1-2H3. The minimum Gasteiger partial charge on any atom is -0.495 e. The monoisotopic (exact) mass is 346 g/mol. The number of methoxy groups -OCH3 is 1. The second-order valence-corrected chi connectivity index (χ2v) is 7.90. The quantitative estimate of drug-likeness (QED) is 0.794. The first kappa shape index (κ1) is 17.4. The van der Waals surface area contributed by atoms with Crippen molar-refractivity contribution in [2.75, 3.05) is 43.9 Å². The first-order valence-electron chi connectivity index (χ1n) is 7.54. The summed E-state index contributed by atoms with van der Waals surface area (Å²) < 4.78 is 31.4. The summed E-state index contributed by atoms with van der Waals surface area (Å²) in [6.07, 6.45) is 1.60. The molecule has 0 atom stereocenters. The molecule has 1 saturated heterocycles. The average molecular weight is 347 g/mol. The van der Waals surface area contributed by atoms with Crippen LogP contribution in [0.3, 0.4) is 0 Å². The van der Waals surface area contributed by atoms with Crippen molar-refractivity contribution in [3.05, 3.63) is 23.2 Å². The number of rotatable bonds is 6. The van der Waals surface area contributed by atoms with Crippen LogP contribution >= 0.6 is 11.6 Å². The van der Waals surface area contributed by atoms with E-state index in [4.69, 9.17) is 16.3 Å². The number of hydrogen-bond donors (Lipinski definition) is 0. The number of benzene rings is 1. The van der Waals surface area contributed by atoms with Gasteiger partial charge < -0.3 is 9.64 Å². The molecule has 0 N–H and O–H groups in total. The van der Waals surface area contributed by atoms with Crippen LogP contribution in [0.4, 0.5) is 5.69 Å². The maximum absolute atomic E-state index is 12.2. The molecule has 5 nitrogen and oxygen atoms in total. The van der Waals surface area contributed by atoms with Gasteiger partial charge in [0.15, 0.2) is 0 Å². The van der Waals surface area contributed by atoms with E-state index in [1.165, 1.54) is 0 Å². The van der Waals surface area contributed by atoms with Crippen molar-refractivity contribution in [3.8, 4) is 5.75 Å². The van der Waals surface area contributed by atoms with Crippen LogP contribution in [0.1, 0.15) is 19.8 Å². The molecule has 0 amide bonds. The van der Waals surface area contributed by atoms with Gasteiger partial charge in [-0.15, -0.1) is 0 Å². The maximum Gasteiger partial charge on any atom is 0.214 e. The van der Waals surface area contributed by atoms with Gasteiger partial charge in [-0.3, -0.25) is 0 Å². The molecule has 0 radical (unpaired) electrons. The van der Waals surface area contributed by atoms with Gasteiger partial charge in [0.05, 0.1) is 18.6 Å². The molecule has 1 heterocycles. The molecule has 0 bridgehead atoms. The van der Waals surface area contributed by atoms with E-state index in [-0.39, 0.29) is 5.75 Å². The zero-order valence-corrected chi connectivity index (χ0v) is 14.7. The van der Waals surface area contributed by atoms with E-state index in [1.807, 2.05) is 19.1 Å². The van der Waals surface area contributed by atoms with Crippen LogP contribution in [0.5, 0.6) is 5.75 Å². The van der Waals surface area contributed by atoms with E-state index in [2.05, 4.69) is 4.90 Å². The van der Waals surface area contributed by atoms with Gasteiger partial charge in [0.2, 0.25) is 10.0 Å². The summed E-state index contributed by atoms with van der Waals surface area (Å²) in [4.78, 5) is 2.12. The van der Waals surface area contributed by atoms with Gasteiger partial charge in [0.25, 0.3) is 0 Å². The number of nitrogens with zero attached hydrogens (tertiary/aromatic N) is 2. The molecular weight excluding hydrogens is 324 g/mol. The highest BCUT2D eigenvalue weighted by molar-refractivity contribution is 7.89. The largest absolute Gasteiger partial charge is 0.495 e. The zero-order chi connectivity index (χ0) is 16.2. The Morgan fingerprint density at radius 2 is 1.91 bits per heavy atom. The lowest BCUT2D eigenvalue weighted by Crippen LogP contribution is -2.49. The summed E-state index contributed by atoms with van der Waals surface area (Å²) >= 11 is 6.06. The number of unbranched alkanes of at least 4 members (excludes halogenated alkanes) is 1. The van der Waals surface area contributed by atoms with Crippen molar-refractivity contribution < 1.29 is 13.2 Å². The zero-order valence-electron chi connectivity index (χ0n) is 13.1. The Bertz CT molecular complexity index is 599. The Kier molecular flexibility index (Phi) is 5.94. The van der Waals surface area contributed by atoms with Gasteiger partial charge in [-0.2, -0.15) is 4.31 Å². The number of sulfonamides is 1. The molecule has 2 rings (SSSR count). The molecular formula is C15H23ClN2O3S. The normalized spacial score (nSPS) is 16.8. The molecule has 22 heavy (non-hydrogen) atoms. The highest BCUT2D eigenvalue weighted by atomic mass is 35.5. The molecule has 0 aliphatic carbocycles. The molecule has 1 fully saturated rings. The van der Waals surface area contributed by atoms with Crippen molar-refractivity contribution in [1.82, 2.24) is 4.31 Å². The SMILES string of the molecule is CCCCS(=O)(=O)N1CCN(c2cc(Cl)ccc2OC)CC1. The molecule has 0 unspecified atom stereocenters. The number of ether oxygens (including phenoxy) is 1. The number of piperazine rings is 1. The molecule has 124 valence electrons. The Labute approximate surface area is 137 Å². The van der Waals surface area contributed by atoms with Crippen LogP contribution in [0, 0.1) is 0 Å². The van der Waals surface area contributed by atoms with E-state index >= 15 is 0 Å². The first-order valence-corrected chi connectivity index (χ1v) is 9.53. The lowest BCUT2D eigenvalue weighted by atomic mass is 10.2. The molecule has 1 aliphatic rings. The summed E-state index contributed by atoms with van der Waals surface area (Å²) in [7, 11) is -1.50. The van der Waals surface area contributed by atoms with E-state index in [0.29, 0.717) is 37.6 Å². The van der Waals surface area contributed by atoms with Crippen LogP contribution in [0.25, 0.3) is 0 Å². The molecule has 0 saturated carbocycles. The number of anilines is 1. The lowest BCUT2D eigenvalue weighted by molar-refractivity contribution is 0.378. The summed E-state index contributed by atoms with van der Waals surface area (Å²) in [5, 5.41) is 0.647. The van der Waals surface area contributed by atoms with E-state index in [0.717, 1.165) is 17.9 Å². The Morgan fingerprint density at radius 1 is 1.23 bits per heavy atom. The van der Waals surface area contributed by atoms with Gasteiger partial charge in [-0.1, -0.05) is 24.9 Å². The first-order chi connectivity index (χ1) is 10.5. The minimum absolute atomic E-state index is 0.240. The maximum atomic E-state index is 12.2. The second kappa shape index (κ2) is 7.53. The van der Waals surface area contributed by atoms with Crippen LogP contribution in [0.2, 0.25) is 5.02 Å². The van der Waals surface area contributed by atoms with Gasteiger partial charge in [-0.25, -0.2) is 8.42 Å². The summed E-state index contributed by atoms with van der Waals surface area (Å²) in [6.45, 7) is 4.28. The van der Waals surface area contributed by atoms with Crippen LogP contribution < -0.4 is 9.64 Å². The summed E-state index contributed by atoms with van der Waals surface area (Å²) in [6, 6.07) is 5.49. The van der Waals surface area contributed by atoms with Crippen LogP contribution in [-0.4, -0.2) is 51.8 Å². The molecule has 0 aromatic heterocycles. The molecule has 1 aromatic carbocycles. The second-order valence-electron chi connectivity index (χ2n) is 5.37. The van der Waals surface area contributed by atoms with E-state index in [1.54, 1.807) is 17.5 Å². The van der Waals surface area contributed by atoms with Gasteiger partial charge in [0, 0.05) is 31.2 Å². The third-order valence-electron chi connectivity index (χ3n) is 3.87. The number of hydrogen-bond acceptors (Lipinski definition) is 4. The fraction of sp³-hybridized carbons (Fsp3) is 0.600. The molecule has 1 aliphatic heterocycles. The van der Waals surface area contributed by atoms with E-state index < -0.39 is 10.0 Å². The summed E-state index contributed by atoms with van der Waals surface area (Å²) in [5.74, 6) is 0.996. The van der Waals surface area contributed by atoms with Crippen LogP contribution in [-0.2, 0) is 10.0 Å². The molecule has 7 heteroatoms. The van der Waals surface area contributed by atoms with Crippen molar-refractivity contribution in [2.45, 2.75) is 19.8 Å². The van der Waals surface area contributed by atoms with Crippen molar-refractivity contribution in [2.24, 2.45) is 0 Å². The highest BCUT2D eigenvalue weighted by Crippen LogP contribution is 2.32. The minimum atomic E-state index is -3.13. The van der Waals surface area contributed by atoms with Gasteiger partial charge >= 0.3 is 0 Å². The number of halogens is 1. The lowest BCUT2D eigenvalue weighted by Gasteiger charge is -2.36. The fourth-order valence-electron chi connectivity index (χ4n) is 2.57. The Morgan fingerprint density at radius 3 is 2.50 bits per heavy atom. The van der Waals surface area contributed by atoms with Crippen molar-refractivity contribution >= 4 is 27.3 Å². The predicted octanol–water partition coefficient (Wildman–Crippen LogP) is 2.60. The molecule has 1 aromatic rings.